The molecule has 0 fully saturated rings. The van der Waals surface area contributed by atoms with E-state index >= 15 is 0 Å². The third-order valence-corrected chi connectivity index (χ3v) is 5.50. The van der Waals surface area contributed by atoms with Crippen LogP contribution in [-0.2, 0) is 20.5 Å². The van der Waals surface area contributed by atoms with Crippen LogP contribution in [0, 0.1) is 0 Å². The minimum absolute atomic E-state index is 0.191. The number of hydrogen-bond acceptors (Lipinski definition) is 3. The summed E-state index contributed by atoms with van der Waals surface area (Å²) >= 11 is 0. The minimum atomic E-state index is -0.443. The van der Waals surface area contributed by atoms with Crippen molar-refractivity contribution >= 4 is 5.91 Å². The van der Waals surface area contributed by atoms with Gasteiger partial charge in [0, 0.05) is 19.7 Å². The van der Waals surface area contributed by atoms with E-state index in [1.807, 2.05) is 60.7 Å². The van der Waals surface area contributed by atoms with Crippen molar-refractivity contribution in [3.63, 3.8) is 0 Å². The minimum Gasteiger partial charge on any atom is -0.345 e. The SMILES string of the molecule is Cn1c(=O)n(C)n(-c2ccc(C(=O)NC(Cc3ccccc3)c3ccccc3)cc2)c1=O. The van der Waals surface area contributed by atoms with Crippen molar-refractivity contribution < 1.29 is 4.79 Å². The van der Waals surface area contributed by atoms with Crippen molar-refractivity contribution in [1.82, 2.24) is 19.2 Å². The van der Waals surface area contributed by atoms with Crippen LogP contribution < -0.4 is 16.7 Å². The summed E-state index contributed by atoms with van der Waals surface area (Å²) in [5.41, 5.74) is 2.27. The van der Waals surface area contributed by atoms with Gasteiger partial charge in [0.25, 0.3) is 5.91 Å². The zero-order valence-corrected chi connectivity index (χ0v) is 17.9. The van der Waals surface area contributed by atoms with Crippen molar-refractivity contribution in [1.29, 1.82) is 0 Å². The van der Waals surface area contributed by atoms with Gasteiger partial charge >= 0.3 is 11.4 Å². The number of carbonyl (C=O) groups excluding carboxylic acids is 1. The van der Waals surface area contributed by atoms with E-state index in [4.69, 9.17) is 0 Å². The summed E-state index contributed by atoms with van der Waals surface area (Å²) in [6, 6.07) is 26.3. The lowest BCUT2D eigenvalue weighted by Gasteiger charge is -2.20. The average molecular weight is 428 g/mol. The maximum absolute atomic E-state index is 13.0. The van der Waals surface area contributed by atoms with E-state index in [0.29, 0.717) is 17.7 Å². The smallest absolute Gasteiger partial charge is 0.345 e. The molecule has 4 aromatic rings. The van der Waals surface area contributed by atoms with Gasteiger partial charge in [-0.25, -0.2) is 18.8 Å². The summed E-state index contributed by atoms with van der Waals surface area (Å²) in [7, 11) is 2.96. The molecule has 1 atom stereocenters. The largest absolute Gasteiger partial charge is 0.351 e. The number of hydrogen-bond donors (Lipinski definition) is 1. The lowest BCUT2D eigenvalue weighted by Crippen LogP contribution is -2.30. The van der Waals surface area contributed by atoms with Gasteiger partial charge < -0.3 is 5.32 Å². The molecule has 162 valence electrons. The standard InChI is InChI=1S/C25H24N4O3/c1-27-24(31)28(2)29(25(27)32)21-15-13-20(14-16-21)23(30)26-22(19-11-7-4-8-12-19)17-18-9-5-3-6-10-18/h3-16,22H,17H2,1-2H3,(H,26,30). The first-order valence-electron chi connectivity index (χ1n) is 10.3. The highest BCUT2D eigenvalue weighted by Crippen LogP contribution is 2.19. The summed E-state index contributed by atoms with van der Waals surface area (Å²) in [4.78, 5) is 37.4. The Hall–Kier alpha value is -4.13. The molecule has 1 aromatic heterocycles. The fourth-order valence-electron chi connectivity index (χ4n) is 3.72. The van der Waals surface area contributed by atoms with Gasteiger partial charge in [-0.1, -0.05) is 60.7 Å². The first-order valence-corrected chi connectivity index (χ1v) is 10.3. The second-order valence-corrected chi connectivity index (χ2v) is 7.63. The van der Waals surface area contributed by atoms with Gasteiger partial charge in [-0.2, -0.15) is 4.68 Å². The third kappa shape index (κ3) is 4.18. The van der Waals surface area contributed by atoms with Crippen molar-refractivity contribution in [2.75, 3.05) is 0 Å². The van der Waals surface area contributed by atoms with Crippen LogP contribution in [0.1, 0.15) is 27.5 Å². The number of nitrogens with one attached hydrogen (secondary N) is 1. The first kappa shape index (κ1) is 21.1. The van der Waals surface area contributed by atoms with Crippen LogP contribution in [0.4, 0.5) is 0 Å². The molecular weight excluding hydrogens is 404 g/mol. The zero-order chi connectivity index (χ0) is 22.7. The maximum atomic E-state index is 13.0. The molecule has 1 unspecified atom stereocenters. The van der Waals surface area contributed by atoms with Gasteiger partial charge in [0.2, 0.25) is 0 Å². The number of rotatable bonds is 6. The summed E-state index contributed by atoms with van der Waals surface area (Å²) in [5, 5.41) is 3.13. The van der Waals surface area contributed by atoms with Crippen molar-refractivity contribution in [2.24, 2.45) is 14.1 Å². The number of nitrogens with zero attached hydrogens (tertiary/aromatic N) is 3. The fraction of sp³-hybridized carbons (Fsp3) is 0.160. The van der Waals surface area contributed by atoms with E-state index in [1.165, 1.54) is 23.5 Å². The Balaban J connectivity index is 1.58. The van der Waals surface area contributed by atoms with E-state index in [-0.39, 0.29) is 11.9 Å². The van der Waals surface area contributed by atoms with Crippen LogP contribution in [0.25, 0.3) is 5.69 Å². The topological polar surface area (TPSA) is 78.0 Å². The zero-order valence-electron chi connectivity index (χ0n) is 17.9. The summed E-state index contributed by atoms with van der Waals surface area (Å²) < 4.78 is 3.55. The number of aromatic nitrogens is 3. The predicted octanol–water partition coefficient (Wildman–Crippen LogP) is 2.59. The normalized spacial score (nSPS) is 11.8. The molecule has 0 aliphatic heterocycles. The average Bonchev–Trinajstić information content (AvgIpc) is 3.02. The second kappa shape index (κ2) is 8.93. The van der Waals surface area contributed by atoms with Gasteiger partial charge in [-0.15, -0.1) is 0 Å². The van der Waals surface area contributed by atoms with Crippen molar-refractivity contribution in [3.05, 3.63) is 123 Å². The van der Waals surface area contributed by atoms with Crippen LogP contribution in [0.2, 0.25) is 0 Å². The third-order valence-electron chi connectivity index (χ3n) is 5.50. The first-order chi connectivity index (χ1) is 15.5. The Morgan fingerprint density at radius 1 is 0.812 bits per heavy atom. The van der Waals surface area contributed by atoms with Gasteiger partial charge in [-0.3, -0.25) is 4.79 Å². The monoisotopic (exact) mass is 428 g/mol. The summed E-state index contributed by atoms with van der Waals surface area (Å²) in [5.74, 6) is -0.212. The Morgan fingerprint density at radius 2 is 1.41 bits per heavy atom. The van der Waals surface area contributed by atoms with E-state index in [9.17, 15) is 14.4 Å². The molecule has 0 radical (unpaired) electrons. The van der Waals surface area contributed by atoms with E-state index < -0.39 is 11.4 Å². The van der Waals surface area contributed by atoms with E-state index in [1.54, 1.807) is 24.3 Å². The van der Waals surface area contributed by atoms with E-state index in [0.717, 1.165) is 15.7 Å². The lowest BCUT2D eigenvalue weighted by atomic mass is 9.98. The van der Waals surface area contributed by atoms with Crippen LogP contribution in [0.15, 0.2) is 94.5 Å². The van der Waals surface area contributed by atoms with Crippen molar-refractivity contribution in [2.45, 2.75) is 12.5 Å². The van der Waals surface area contributed by atoms with E-state index in [2.05, 4.69) is 5.32 Å². The predicted molar refractivity (Wildman–Crippen MR) is 123 cm³/mol. The molecule has 0 bridgehead atoms. The molecule has 7 nitrogen and oxygen atoms in total. The Kier molecular flexibility index (Phi) is 5.89. The Morgan fingerprint density at radius 3 is 1.97 bits per heavy atom. The fourth-order valence-corrected chi connectivity index (χ4v) is 3.72. The lowest BCUT2D eigenvalue weighted by molar-refractivity contribution is 0.0936. The highest BCUT2D eigenvalue weighted by atomic mass is 16.2. The molecule has 4 rings (SSSR count). The Labute approximate surface area is 185 Å². The molecule has 0 saturated heterocycles. The molecule has 0 aliphatic rings. The molecule has 7 heteroatoms. The highest BCUT2D eigenvalue weighted by molar-refractivity contribution is 5.94. The number of benzene rings is 3. The molecule has 32 heavy (non-hydrogen) atoms. The maximum Gasteiger partial charge on any atom is 0.351 e. The molecule has 1 amide bonds. The van der Waals surface area contributed by atoms with Gasteiger partial charge in [0.15, 0.2) is 0 Å². The van der Waals surface area contributed by atoms with Crippen LogP contribution in [0.3, 0.4) is 0 Å². The summed E-state index contributed by atoms with van der Waals surface area (Å²) in [6.45, 7) is 0. The number of carbonyl (C=O) groups is 1. The molecule has 0 aliphatic carbocycles. The van der Waals surface area contributed by atoms with Crippen LogP contribution in [0.5, 0.6) is 0 Å². The van der Waals surface area contributed by atoms with Crippen LogP contribution in [-0.4, -0.2) is 19.8 Å². The van der Waals surface area contributed by atoms with Gasteiger partial charge in [0.1, 0.15) is 0 Å². The number of amides is 1. The summed E-state index contributed by atoms with van der Waals surface area (Å²) in [6.07, 6.45) is 0.663. The van der Waals surface area contributed by atoms with Gasteiger partial charge in [-0.05, 0) is 41.8 Å². The molecule has 0 spiro atoms. The molecule has 1 heterocycles. The molecule has 1 N–H and O–H groups in total. The highest BCUT2D eigenvalue weighted by Gasteiger charge is 2.17. The Bertz CT molecular complexity index is 1330. The van der Waals surface area contributed by atoms with Crippen LogP contribution >= 0.6 is 0 Å². The van der Waals surface area contributed by atoms with Gasteiger partial charge in [0.05, 0.1) is 11.7 Å². The molecule has 0 saturated carbocycles. The molecular formula is C25H24N4O3. The quantitative estimate of drug-likeness (QED) is 0.513. The second-order valence-electron chi connectivity index (χ2n) is 7.63. The van der Waals surface area contributed by atoms with Crippen molar-refractivity contribution in [3.8, 4) is 5.69 Å². The molecule has 3 aromatic carbocycles.